The molecule has 1 aromatic rings. The van der Waals surface area contributed by atoms with Gasteiger partial charge in [-0.25, -0.2) is 4.79 Å². The minimum Gasteiger partial charge on any atom is -0.482 e. The third-order valence-electron chi connectivity index (χ3n) is 1.36. The molecular weight excluding hydrogens is 172 g/mol. The van der Waals surface area contributed by atoms with E-state index in [4.69, 9.17) is 9.84 Å². The van der Waals surface area contributed by atoms with Crippen molar-refractivity contribution in [3.05, 3.63) is 29.8 Å². The van der Waals surface area contributed by atoms with Gasteiger partial charge in [0.05, 0.1) is 0 Å². The summed E-state index contributed by atoms with van der Waals surface area (Å²) in [7, 11) is 0. The van der Waals surface area contributed by atoms with Crippen LogP contribution in [0.3, 0.4) is 0 Å². The lowest BCUT2D eigenvalue weighted by atomic mass is 10.2. The molecule has 0 aliphatic carbocycles. The van der Waals surface area contributed by atoms with Gasteiger partial charge in [0, 0.05) is 5.56 Å². The highest BCUT2D eigenvalue weighted by atomic mass is 16.5. The number of rotatable bonds is 4. The normalized spacial score (nSPS) is 9.23. The van der Waals surface area contributed by atoms with E-state index < -0.39 is 12.6 Å². The third-order valence-corrected chi connectivity index (χ3v) is 1.36. The summed E-state index contributed by atoms with van der Waals surface area (Å²) in [5.74, 6) is -0.663. The average molecular weight is 180 g/mol. The maximum Gasteiger partial charge on any atom is 0.341 e. The summed E-state index contributed by atoms with van der Waals surface area (Å²) in [6.45, 7) is -0.400. The molecule has 1 aromatic carbocycles. The number of carboxylic acid groups (broad SMARTS) is 1. The Morgan fingerprint density at radius 2 is 2.31 bits per heavy atom. The largest absolute Gasteiger partial charge is 0.482 e. The Bertz CT molecular complexity index is 319. The van der Waals surface area contributed by atoms with Gasteiger partial charge in [-0.15, -0.1) is 0 Å². The zero-order valence-electron chi connectivity index (χ0n) is 6.77. The summed E-state index contributed by atoms with van der Waals surface area (Å²) in [6, 6.07) is 6.31. The van der Waals surface area contributed by atoms with E-state index in [0.717, 1.165) is 0 Å². The quantitative estimate of drug-likeness (QED) is 0.701. The van der Waals surface area contributed by atoms with Gasteiger partial charge in [-0.1, -0.05) is 12.1 Å². The van der Waals surface area contributed by atoms with Crippen LogP contribution in [0, 0.1) is 0 Å². The molecule has 0 aliphatic heterocycles. The van der Waals surface area contributed by atoms with Crippen LogP contribution >= 0.6 is 0 Å². The van der Waals surface area contributed by atoms with Crippen molar-refractivity contribution < 1.29 is 19.4 Å². The fourth-order valence-corrected chi connectivity index (χ4v) is 0.823. The molecule has 0 bridgehead atoms. The molecule has 0 atom stereocenters. The van der Waals surface area contributed by atoms with Gasteiger partial charge in [0.15, 0.2) is 6.61 Å². The Labute approximate surface area is 74.8 Å². The van der Waals surface area contributed by atoms with Crippen LogP contribution in [0.15, 0.2) is 24.3 Å². The molecule has 0 aromatic heterocycles. The molecule has 0 saturated heterocycles. The van der Waals surface area contributed by atoms with Crippen LogP contribution in [-0.4, -0.2) is 24.0 Å². The van der Waals surface area contributed by atoms with E-state index in [9.17, 15) is 9.59 Å². The molecule has 4 nitrogen and oxygen atoms in total. The third kappa shape index (κ3) is 2.94. The summed E-state index contributed by atoms with van der Waals surface area (Å²) in [4.78, 5) is 20.5. The van der Waals surface area contributed by atoms with Crippen molar-refractivity contribution in [1.82, 2.24) is 0 Å². The van der Waals surface area contributed by atoms with Crippen LogP contribution < -0.4 is 4.74 Å². The first-order valence-electron chi connectivity index (χ1n) is 3.62. The Kier molecular flexibility index (Phi) is 3.03. The van der Waals surface area contributed by atoms with E-state index in [0.29, 0.717) is 17.6 Å². The van der Waals surface area contributed by atoms with Gasteiger partial charge in [0.2, 0.25) is 0 Å². The molecule has 0 spiro atoms. The first kappa shape index (κ1) is 9.25. The Balaban J connectivity index is 2.66. The first-order valence-corrected chi connectivity index (χ1v) is 3.62. The van der Waals surface area contributed by atoms with E-state index in [1.54, 1.807) is 18.2 Å². The van der Waals surface area contributed by atoms with Gasteiger partial charge < -0.3 is 9.84 Å². The molecular formula is C9H8O4. The van der Waals surface area contributed by atoms with E-state index >= 15 is 0 Å². The van der Waals surface area contributed by atoms with Crippen LogP contribution in [0.4, 0.5) is 0 Å². The van der Waals surface area contributed by atoms with Gasteiger partial charge in [-0.2, -0.15) is 0 Å². The minimum absolute atomic E-state index is 0.381. The van der Waals surface area contributed by atoms with Gasteiger partial charge in [-0.3, -0.25) is 4.79 Å². The number of hydrogen-bond acceptors (Lipinski definition) is 3. The summed E-state index contributed by atoms with van der Waals surface area (Å²) in [5, 5.41) is 8.31. The molecule has 1 N–H and O–H groups in total. The summed E-state index contributed by atoms with van der Waals surface area (Å²) in [5.41, 5.74) is 0.461. The van der Waals surface area contributed by atoms with Gasteiger partial charge in [-0.05, 0) is 12.1 Å². The number of carbonyl (C=O) groups excluding carboxylic acids is 1. The number of benzene rings is 1. The number of hydrogen-bond donors (Lipinski definition) is 1. The average Bonchev–Trinajstić information content (AvgIpc) is 2.15. The van der Waals surface area contributed by atoms with Crippen LogP contribution in [0.5, 0.6) is 5.75 Å². The van der Waals surface area contributed by atoms with Crippen LogP contribution in [0.1, 0.15) is 10.4 Å². The summed E-state index contributed by atoms with van der Waals surface area (Å²) in [6.07, 6.45) is 0.674. The van der Waals surface area contributed by atoms with Gasteiger partial charge >= 0.3 is 5.97 Å². The number of aliphatic carboxylic acids is 1. The number of carbonyl (C=O) groups is 2. The van der Waals surface area contributed by atoms with E-state index in [1.165, 1.54) is 6.07 Å². The van der Waals surface area contributed by atoms with Crippen LogP contribution in [-0.2, 0) is 4.79 Å². The summed E-state index contributed by atoms with van der Waals surface area (Å²) >= 11 is 0. The maximum absolute atomic E-state index is 10.3. The molecule has 0 unspecified atom stereocenters. The van der Waals surface area contributed by atoms with E-state index in [-0.39, 0.29) is 0 Å². The van der Waals surface area contributed by atoms with Crippen molar-refractivity contribution in [3.8, 4) is 5.75 Å². The maximum atomic E-state index is 10.3. The highest BCUT2D eigenvalue weighted by Crippen LogP contribution is 2.11. The highest BCUT2D eigenvalue weighted by Gasteiger charge is 1.99. The lowest BCUT2D eigenvalue weighted by Crippen LogP contribution is -2.09. The zero-order valence-corrected chi connectivity index (χ0v) is 6.77. The molecule has 1 rings (SSSR count). The van der Waals surface area contributed by atoms with E-state index in [2.05, 4.69) is 0 Å². The van der Waals surface area contributed by atoms with Crippen LogP contribution in [0.2, 0.25) is 0 Å². The number of aldehydes is 1. The van der Waals surface area contributed by atoms with Gasteiger partial charge in [0.1, 0.15) is 12.0 Å². The fourth-order valence-electron chi connectivity index (χ4n) is 0.823. The molecule has 0 fully saturated rings. The molecule has 0 amide bonds. The van der Waals surface area contributed by atoms with Crippen molar-refractivity contribution in [2.75, 3.05) is 6.61 Å². The lowest BCUT2D eigenvalue weighted by Gasteiger charge is -2.02. The molecule has 0 saturated carbocycles. The van der Waals surface area contributed by atoms with Crippen molar-refractivity contribution in [2.45, 2.75) is 0 Å². The second kappa shape index (κ2) is 4.25. The number of carboxylic acids is 1. The fraction of sp³-hybridized carbons (Fsp3) is 0.111. The highest BCUT2D eigenvalue weighted by molar-refractivity contribution is 5.75. The van der Waals surface area contributed by atoms with E-state index in [1.807, 2.05) is 0 Å². The Hall–Kier alpha value is -1.84. The standard InChI is InChI=1S/C9H8O4/c10-5-7-2-1-3-8(4-7)13-6-9(11)12/h1-5H,6H2,(H,11,12). The topological polar surface area (TPSA) is 63.6 Å². The second-order valence-corrected chi connectivity index (χ2v) is 2.37. The van der Waals surface area contributed by atoms with Crippen molar-refractivity contribution in [1.29, 1.82) is 0 Å². The molecule has 0 heterocycles. The predicted molar refractivity (Wildman–Crippen MR) is 45.0 cm³/mol. The lowest BCUT2D eigenvalue weighted by molar-refractivity contribution is -0.139. The Morgan fingerprint density at radius 3 is 2.92 bits per heavy atom. The predicted octanol–water partition coefficient (Wildman–Crippen LogP) is 0.962. The second-order valence-electron chi connectivity index (χ2n) is 2.37. The smallest absolute Gasteiger partial charge is 0.341 e. The minimum atomic E-state index is -1.04. The monoisotopic (exact) mass is 180 g/mol. The number of ether oxygens (including phenoxy) is 1. The molecule has 68 valence electrons. The zero-order chi connectivity index (χ0) is 9.68. The molecule has 4 heteroatoms. The van der Waals surface area contributed by atoms with Crippen molar-refractivity contribution in [2.24, 2.45) is 0 Å². The SMILES string of the molecule is O=Cc1cccc(OCC(=O)O)c1. The first-order chi connectivity index (χ1) is 6.22. The van der Waals surface area contributed by atoms with Crippen molar-refractivity contribution in [3.63, 3.8) is 0 Å². The summed E-state index contributed by atoms with van der Waals surface area (Å²) < 4.78 is 4.85. The van der Waals surface area contributed by atoms with Crippen molar-refractivity contribution >= 4 is 12.3 Å². The molecule has 0 aliphatic rings. The van der Waals surface area contributed by atoms with Gasteiger partial charge in [0.25, 0.3) is 0 Å². The molecule has 13 heavy (non-hydrogen) atoms. The Morgan fingerprint density at radius 1 is 1.54 bits per heavy atom. The molecule has 0 radical (unpaired) electrons. The van der Waals surface area contributed by atoms with Crippen LogP contribution in [0.25, 0.3) is 0 Å².